The molecule has 0 saturated carbocycles. The topological polar surface area (TPSA) is 77.0 Å². The maximum Gasteiger partial charge on any atom is 0.320 e. The minimum absolute atomic E-state index is 0.195. The van der Waals surface area contributed by atoms with Crippen LogP contribution in [0.4, 0.5) is 16.1 Å². The van der Waals surface area contributed by atoms with Crippen molar-refractivity contribution in [3.05, 3.63) is 33.5 Å². The SMILES string of the molecule is CC(N)c1nnc(Nc2cccc(F)c2I)o1. The first-order valence-corrected chi connectivity index (χ1v) is 5.96. The van der Waals surface area contributed by atoms with Gasteiger partial charge in [-0.15, -0.1) is 5.10 Å². The van der Waals surface area contributed by atoms with E-state index in [1.807, 2.05) is 22.6 Å². The van der Waals surface area contributed by atoms with Gasteiger partial charge in [-0.2, -0.15) is 0 Å². The van der Waals surface area contributed by atoms with E-state index in [1.54, 1.807) is 19.1 Å². The second-order valence-electron chi connectivity index (χ2n) is 3.46. The highest BCUT2D eigenvalue weighted by Gasteiger charge is 2.12. The molecule has 0 saturated heterocycles. The van der Waals surface area contributed by atoms with Gasteiger partial charge in [0.25, 0.3) is 0 Å². The lowest BCUT2D eigenvalue weighted by Crippen LogP contribution is -2.04. The molecule has 0 bridgehead atoms. The van der Waals surface area contributed by atoms with Crippen molar-refractivity contribution in [1.82, 2.24) is 10.2 Å². The Bertz CT molecular complexity index is 529. The van der Waals surface area contributed by atoms with Crippen molar-refractivity contribution in [2.24, 2.45) is 5.73 Å². The van der Waals surface area contributed by atoms with Crippen LogP contribution in [0.15, 0.2) is 22.6 Å². The highest BCUT2D eigenvalue weighted by molar-refractivity contribution is 14.1. The minimum Gasteiger partial charge on any atom is -0.406 e. The molecule has 2 aromatic rings. The van der Waals surface area contributed by atoms with E-state index >= 15 is 0 Å². The van der Waals surface area contributed by atoms with E-state index in [-0.39, 0.29) is 17.9 Å². The predicted molar refractivity (Wildman–Crippen MR) is 69.3 cm³/mol. The number of halogens is 2. The lowest BCUT2D eigenvalue weighted by atomic mass is 10.3. The lowest BCUT2D eigenvalue weighted by Gasteiger charge is -2.04. The minimum atomic E-state index is -0.329. The highest BCUT2D eigenvalue weighted by Crippen LogP contribution is 2.24. The Morgan fingerprint density at radius 3 is 2.88 bits per heavy atom. The molecule has 1 atom stereocenters. The third-order valence-electron chi connectivity index (χ3n) is 2.02. The molecule has 1 aromatic heterocycles. The van der Waals surface area contributed by atoms with Gasteiger partial charge in [0.2, 0.25) is 5.89 Å². The van der Waals surface area contributed by atoms with Crippen molar-refractivity contribution in [2.75, 3.05) is 5.32 Å². The van der Waals surface area contributed by atoms with Crippen molar-refractivity contribution in [2.45, 2.75) is 13.0 Å². The van der Waals surface area contributed by atoms with Crippen LogP contribution in [0, 0.1) is 9.39 Å². The van der Waals surface area contributed by atoms with Crippen LogP contribution in [0.1, 0.15) is 18.9 Å². The average molecular weight is 348 g/mol. The fourth-order valence-electron chi connectivity index (χ4n) is 1.18. The molecule has 17 heavy (non-hydrogen) atoms. The summed E-state index contributed by atoms with van der Waals surface area (Å²) < 4.78 is 19.0. The molecular formula is C10H10FIN4O. The number of nitrogens with two attached hydrogens (primary N) is 1. The van der Waals surface area contributed by atoms with Gasteiger partial charge in [0.05, 0.1) is 15.3 Å². The standard InChI is InChI=1S/C10H10FIN4O/c1-5(13)9-15-16-10(17-9)14-7-4-2-3-6(11)8(7)12/h2-5H,13H2,1H3,(H,14,16). The second-order valence-corrected chi connectivity index (χ2v) is 4.54. The van der Waals surface area contributed by atoms with Crippen LogP contribution in [-0.4, -0.2) is 10.2 Å². The van der Waals surface area contributed by atoms with Crippen LogP contribution < -0.4 is 11.1 Å². The van der Waals surface area contributed by atoms with Crippen molar-refractivity contribution < 1.29 is 8.81 Å². The monoisotopic (exact) mass is 348 g/mol. The molecule has 0 radical (unpaired) electrons. The molecule has 5 nitrogen and oxygen atoms in total. The average Bonchev–Trinajstić information content (AvgIpc) is 2.73. The maximum absolute atomic E-state index is 13.3. The van der Waals surface area contributed by atoms with Gasteiger partial charge < -0.3 is 15.5 Å². The summed E-state index contributed by atoms with van der Waals surface area (Å²) in [6.07, 6.45) is 0. The number of hydrogen-bond acceptors (Lipinski definition) is 5. The molecule has 1 unspecified atom stereocenters. The molecule has 0 fully saturated rings. The van der Waals surface area contributed by atoms with Crippen LogP contribution in [0.5, 0.6) is 0 Å². The molecule has 0 aliphatic heterocycles. The van der Waals surface area contributed by atoms with Crippen LogP contribution in [0.3, 0.4) is 0 Å². The largest absolute Gasteiger partial charge is 0.406 e. The Morgan fingerprint density at radius 2 is 2.24 bits per heavy atom. The first-order chi connectivity index (χ1) is 8.08. The molecule has 2 rings (SSSR count). The van der Waals surface area contributed by atoms with E-state index < -0.39 is 0 Å². The number of anilines is 2. The third-order valence-corrected chi connectivity index (χ3v) is 3.12. The predicted octanol–water partition coefficient (Wildman–Crippen LogP) is 2.58. The van der Waals surface area contributed by atoms with Gasteiger partial charge in [-0.1, -0.05) is 11.2 Å². The maximum atomic E-state index is 13.3. The van der Waals surface area contributed by atoms with Crippen molar-refractivity contribution in [3.63, 3.8) is 0 Å². The smallest absolute Gasteiger partial charge is 0.320 e. The summed E-state index contributed by atoms with van der Waals surface area (Å²) in [6, 6.07) is 4.57. The molecule has 3 N–H and O–H groups in total. The molecule has 0 aliphatic rings. The summed E-state index contributed by atoms with van der Waals surface area (Å²) in [5.74, 6) is 0.0291. The summed E-state index contributed by atoms with van der Waals surface area (Å²) in [4.78, 5) is 0. The molecule has 0 aliphatic carbocycles. The molecule has 7 heteroatoms. The second kappa shape index (κ2) is 4.96. The zero-order valence-corrected chi connectivity index (χ0v) is 11.1. The van der Waals surface area contributed by atoms with Crippen molar-refractivity contribution >= 4 is 34.3 Å². The van der Waals surface area contributed by atoms with E-state index in [2.05, 4.69) is 15.5 Å². The molecule has 1 heterocycles. The Kier molecular flexibility index (Phi) is 3.57. The molecule has 90 valence electrons. The number of nitrogens with zero attached hydrogens (tertiary/aromatic N) is 2. The van der Waals surface area contributed by atoms with E-state index in [4.69, 9.17) is 10.2 Å². The van der Waals surface area contributed by atoms with Gasteiger partial charge in [-0.05, 0) is 41.6 Å². The lowest BCUT2D eigenvalue weighted by molar-refractivity contribution is 0.475. The Hall–Kier alpha value is -1.22. The van der Waals surface area contributed by atoms with E-state index in [9.17, 15) is 4.39 Å². The number of hydrogen-bond donors (Lipinski definition) is 2. The summed E-state index contributed by atoms with van der Waals surface area (Å²) in [5, 5.41) is 10.4. The summed E-state index contributed by atoms with van der Waals surface area (Å²) in [6.45, 7) is 1.74. The van der Waals surface area contributed by atoms with Gasteiger partial charge in [-0.3, -0.25) is 0 Å². The van der Waals surface area contributed by atoms with Crippen molar-refractivity contribution in [1.29, 1.82) is 0 Å². The number of rotatable bonds is 3. The quantitative estimate of drug-likeness (QED) is 0.834. The first kappa shape index (κ1) is 12.2. The molecule has 0 amide bonds. The Morgan fingerprint density at radius 1 is 1.47 bits per heavy atom. The summed E-state index contributed by atoms with van der Waals surface area (Å²) in [5.41, 5.74) is 6.16. The normalized spacial score (nSPS) is 12.5. The Balaban J connectivity index is 2.22. The van der Waals surface area contributed by atoms with Crippen molar-refractivity contribution in [3.8, 4) is 0 Å². The first-order valence-electron chi connectivity index (χ1n) is 4.88. The van der Waals surface area contributed by atoms with Gasteiger partial charge in [0, 0.05) is 0 Å². The van der Waals surface area contributed by atoms with Crippen LogP contribution in [0.25, 0.3) is 0 Å². The van der Waals surface area contributed by atoms with Gasteiger partial charge in [0.15, 0.2) is 0 Å². The van der Waals surface area contributed by atoms with Crippen LogP contribution in [0.2, 0.25) is 0 Å². The van der Waals surface area contributed by atoms with Crippen LogP contribution in [-0.2, 0) is 0 Å². The van der Waals surface area contributed by atoms with E-state index in [0.29, 0.717) is 15.1 Å². The molecular weight excluding hydrogens is 338 g/mol. The number of nitrogens with one attached hydrogen (secondary N) is 1. The van der Waals surface area contributed by atoms with E-state index in [0.717, 1.165) is 0 Å². The summed E-state index contributed by atoms with van der Waals surface area (Å²) >= 11 is 1.90. The number of aromatic nitrogens is 2. The molecule has 0 spiro atoms. The Labute approximate surface area is 111 Å². The highest BCUT2D eigenvalue weighted by atomic mass is 127. The van der Waals surface area contributed by atoms with Gasteiger partial charge >= 0.3 is 6.01 Å². The fraction of sp³-hybridized carbons (Fsp3) is 0.200. The van der Waals surface area contributed by atoms with Crippen LogP contribution >= 0.6 is 22.6 Å². The zero-order chi connectivity index (χ0) is 12.4. The molecule has 1 aromatic carbocycles. The van der Waals surface area contributed by atoms with Gasteiger partial charge in [-0.25, -0.2) is 4.39 Å². The number of benzene rings is 1. The third kappa shape index (κ3) is 2.72. The van der Waals surface area contributed by atoms with E-state index in [1.165, 1.54) is 6.07 Å². The fourth-order valence-corrected chi connectivity index (χ4v) is 1.68. The summed E-state index contributed by atoms with van der Waals surface area (Å²) in [7, 11) is 0. The van der Waals surface area contributed by atoms with Gasteiger partial charge in [0.1, 0.15) is 5.82 Å². The zero-order valence-electron chi connectivity index (χ0n) is 8.95.